The van der Waals surface area contributed by atoms with Crippen LogP contribution in [0.1, 0.15) is 63.8 Å². The van der Waals surface area contributed by atoms with Gasteiger partial charge in [0.1, 0.15) is 5.60 Å². The molecule has 0 radical (unpaired) electrons. The quantitative estimate of drug-likeness (QED) is 0.779. The lowest BCUT2D eigenvalue weighted by atomic mass is 9.91. The van der Waals surface area contributed by atoms with Crippen LogP contribution in [0.15, 0.2) is 16.7 Å². The summed E-state index contributed by atoms with van der Waals surface area (Å²) < 4.78 is 11.0. The van der Waals surface area contributed by atoms with Crippen LogP contribution in [0.2, 0.25) is 0 Å². The first-order valence-electron chi connectivity index (χ1n) is 10.2. The second-order valence-corrected chi connectivity index (χ2v) is 8.58. The number of hydrogen-bond acceptors (Lipinski definition) is 5. The Hall–Kier alpha value is -2.52. The number of carbonyl (C=O) groups excluding carboxylic acids is 1. The van der Waals surface area contributed by atoms with E-state index in [0.29, 0.717) is 17.1 Å². The van der Waals surface area contributed by atoms with Crippen LogP contribution in [0.25, 0.3) is 11.0 Å². The van der Waals surface area contributed by atoms with Crippen molar-refractivity contribution in [3.05, 3.63) is 29.0 Å². The maximum absolute atomic E-state index is 12.2. The molecule has 156 valence electrons. The van der Waals surface area contributed by atoms with Gasteiger partial charge in [-0.1, -0.05) is 11.1 Å². The summed E-state index contributed by atoms with van der Waals surface area (Å²) in [5.41, 5.74) is 2.56. The number of carbonyl (C=O) groups is 1. The molecule has 1 amide bonds. The van der Waals surface area contributed by atoms with Gasteiger partial charge in [-0.05, 0) is 71.4 Å². The number of fused-ring (bicyclic) bond motifs is 1. The van der Waals surface area contributed by atoms with Crippen molar-refractivity contribution in [3.63, 3.8) is 0 Å². The molecule has 0 unspecified atom stereocenters. The third-order valence-electron chi connectivity index (χ3n) is 5.29. The first-order valence-corrected chi connectivity index (χ1v) is 10.2. The smallest absolute Gasteiger partial charge is 0.410 e. The van der Waals surface area contributed by atoms with Crippen molar-refractivity contribution < 1.29 is 19.2 Å². The van der Waals surface area contributed by atoms with Gasteiger partial charge in [-0.15, -0.1) is 5.92 Å². The van der Waals surface area contributed by atoms with Gasteiger partial charge >= 0.3 is 6.09 Å². The van der Waals surface area contributed by atoms with Gasteiger partial charge in [-0.3, -0.25) is 0 Å². The van der Waals surface area contributed by atoms with E-state index in [1.54, 1.807) is 11.8 Å². The molecule has 29 heavy (non-hydrogen) atoms. The highest BCUT2D eigenvalue weighted by Crippen LogP contribution is 2.29. The van der Waals surface area contributed by atoms with E-state index in [1.807, 2.05) is 32.9 Å². The normalized spacial score (nSPS) is 15.3. The average Bonchev–Trinajstić information content (AvgIpc) is 3.08. The fourth-order valence-electron chi connectivity index (χ4n) is 3.77. The van der Waals surface area contributed by atoms with E-state index in [9.17, 15) is 9.90 Å². The standard InChI is InChI=1S/C23H30N2O4/c1-5-6-17-8-9-18-20(24-29-21(18)19(17)15-26)10-7-16-11-13-25(14-12-16)22(27)28-23(2,3)4/h8-9,16,26H,7,10-15H2,1-4H3. The van der Waals surface area contributed by atoms with Crippen LogP contribution < -0.4 is 0 Å². The molecule has 2 aromatic rings. The van der Waals surface area contributed by atoms with E-state index >= 15 is 0 Å². The van der Waals surface area contributed by atoms with Crippen LogP contribution >= 0.6 is 0 Å². The predicted octanol–water partition coefficient (Wildman–Crippen LogP) is 4.27. The molecular formula is C23H30N2O4. The van der Waals surface area contributed by atoms with Crippen LogP contribution in [0.3, 0.4) is 0 Å². The Morgan fingerprint density at radius 3 is 2.69 bits per heavy atom. The molecule has 0 saturated carbocycles. The van der Waals surface area contributed by atoms with E-state index in [-0.39, 0.29) is 12.7 Å². The fraction of sp³-hybridized carbons (Fsp3) is 0.565. The van der Waals surface area contributed by atoms with Crippen LogP contribution in [0.4, 0.5) is 4.79 Å². The number of rotatable bonds is 4. The minimum atomic E-state index is -0.460. The lowest BCUT2D eigenvalue weighted by molar-refractivity contribution is 0.0181. The van der Waals surface area contributed by atoms with E-state index < -0.39 is 5.60 Å². The Labute approximate surface area is 172 Å². The molecule has 6 heteroatoms. The Morgan fingerprint density at radius 1 is 1.34 bits per heavy atom. The molecule has 2 heterocycles. The zero-order chi connectivity index (χ0) is 21.0. The molecule has 1 aliphatic heterocycles. The van der Waals surface area contributed by atoms with Gasteiger partial charge < -0.3 is 19.3 Å². The third kappa shape index (κ3) is 5.10. The molecule has 3 rings (SSSR count). The first kappa shape index (κ1) is 21.2. The van der Waals surface area contributed by atoms with Gasteiger partial charge in [0, 0.05) is 29.6 Å². The van der Waals surface area contributed by atoms with Gasteiger partial charge in [-0.2, -0.15) is 0 Å². The largest absolute Gasteiger partial charge is 0.444 e. The van der Waals surface area contributed by atoms with E-state index in [1.165, 1.54) is 0 Å². The average molecular weight is 399 g/mol. The SMILES string of the molecule is CC#Cc1ccc2c(CCC3CCN(C(=O)OC(C)(C)C)CC3)noc2c1CO. The molecular weight excluding hydrogens is 368 g/mol. The molecule has 0 spiro atoms. The van der Waals surface area contributed by atoms with Crippen LogP contribution in [-0.4, -0.2) is 39.9 Å². The summed E-state index contributed by atoms with van der Waals surface area (Å²) in [4.78, 5) is 14.0. The first-order chi connectivity index (χ1) is 13.8. The van der Waals surface area contributed by atoms with E-state index in [2.05, 4.69) is 17.0 Å². The topological polar surface area (TPSA) is 75.8 Å². The maximum atomic E-state index is 12.2. The number of nitrogens with zero attached hydrogens (tertiary/aromatic N) is 2. The summed E-state index contributed by atoms with van der Waals surface area (Å²) in [6.45, 7) is 8.77. The molecule has 1 aromatic heterocycles. The lowest BCUT2D eigenvalue weighted by Gasteiger charge is -2.33. The van der Waals surface area contributed by atoms with Gasteiger partial charge in [0.2, 0.25) is 0 Å². The van der Waals surface area contributed by atoms with Crippen LogP contribution in [0, 0.1) is 17.8 Å². The molecule has 1 fully saturated rings. The van der Waals surface area contributed by atoms with Gasteiger partial charge in [-0.25, -0.2) is 4.79 Å². The fourth-order valence-corrected chi connectivity index (χ4v) is 3.77. The van der Waals surface area contributed by atoms with Crippen LogP contribution in [-0.2, 0) is 17.8 Å². The molecule has 0 atom stereocenters. The van der Waals surface area contributed by atoms with Gasteiger partial charge in [0.25, 0.3) is 0 Å². The summed E-state index contributed by atoms with van der Waals surface area (Å²) in [6, 6.07) is 3.90. The Balaban J connectivity index is 1.59. The van der Waals surface area contributed by atoms with Crippen LogP contribution in [0.5, 0.6) is 0 Å². The minimum Gasteiger partial charge on any atom is -0.444 e. The molecule has 0 bridgehead atoms. The molecule has 1 saturated heterocycles. The maximum Gasteiger partial charge on any atom is 0.410 e. The lowest BCUT2D eigenvalue weighted by Crippen LogP contribution is -2.41. The van der Waals surface area contributed by atoms with E-state index in [4.69, 9.17) is 9.26 Å². The number of piperidine rings is 1. The third-order valence-corrected chi connectivity index (χ3v) is 5.29. The second-order valence-electron chi connectivity index (χ2n) is 8.58. The summed E-state index contributed by atoms with van der Waals surface area (Å²) in [6.07, 6.45) is 3.52. The molecule has 1 aromatic carbocycles. The Kier molecular flexibility index (Phi) is 6.49. The number of aliphatic hydroxyl groups is 1. The van der Waals surface area contributed by atoms with Crippen molar-refractivity contribution in [2.45, 2.75) is 65.6 Å². The zero-order valence-electron chi connectivity index (χ0n) is 17.7. The predicted molar refractivity (Wildman–Crippen MR) is 111 cm³/mol. The number of likely N-dealkylation sites (tertiary alicyclic amines) is 1. The highest BCUT2D eigenvalue weighted by Gasteiger charge is 2.27. The zero-order valence-corrected chi connectivity index (χ0v) is 17.7. The van der Waals surface area contributed by atoms with Crippen molar-refractivity contribution in [1.82, 2.24) is 10.1 Å². The van der Waals surface area contributed by atoms with Gasteiger partial charge in [0.05, 0.1) is 12.3 Å². The van der Waals surface area contributed by atoms with Crippen molar-refractivity contribution >= 4 is 17.1 Å². The van der Waals surface area contributed by atoms with Crippen molar-refractivity contribution in [3.8, 4) is 11.8 Å². The summed E-state index contributed by atoms with van der Waals surface area (Å²) >= 11 is 0. The number of hydrogen-bond donors (Lipinski definition) is 1. The monoisotopic (exact) mass is 398 g/mol. The summed E-state index contributed by atoms with van der Waals surface area (Å²) in [7, 11) is 0. The Morgan fingerprint density at radius 2 is 2.07 bits per heavy atom. The number of aromatic nitrogens is 1. The number of aliphatic hydroxyl groups excluding tert-OH is 1. The van der Waals surface area contributed by atoms with E-state index in [0.717, 1.165) is 55.4 Å². The number of amides is 1. The highest BCUT2D eigenvalue weighted by molar-refractivity contribution is 5.84. The number of aryl methyl sites for hydroxylation is 1. The minimum absolute atomic E-state index is 0.126. The summed E-state index contributed by atoms with van der Waals surface area (Å²) in [5, 5.41) is 14.9. The molecule has 6 nitrogen and oxygen atoms in total. The second kappa shape index (κ2) is 8.87. The summed E-state index contributed by atoms with van der Waals surface area (Å²) in [5.74, 6) is 6.41. The van der Waals surface area contributed by atoms with Crippen molar-refractivity contribution in [2.24, 2.45) is 5.92 Å². The number of ether oxygens (including phenoxy) is 1. The van der Waals surface area contributed by atoms with Crippen molar-refractivity contribution in [2.75, 3.05) is 13.1 Å². The molecule has 1 N–H and O–H groups in total. The molecule has 0 aliphatic carbocycles. The van der Waals surface area contributed by atoms with Gasteiger partial charge in [0.15, 0.2) is 5.58 Å². The number of benzene rings is 1. The molecule has 1 aliphatic rings. The van der Waals surface area contributed by atoms with Crippen molar-refractivity contribution in [1.29, 1.82) is 0 Å². The highest BCUT2D eigenvalue weighted by atomic mass is 16.6. The Bertz CT molecular complexity index is 922.